The Morgan fingerprint density at radius 3 is 2.74 bits per heavy atom. The van der Waals surface area contributed by atoms with Gasteiger partial charge in [-0.25, -0.2) is 9.07 Å². The smallest absolute Gasteiger partial charge is 0.316 e. The van der Waals surface area contributed by atoms with E-state index in [0.29, 0.717) is 11.4 Å². The van der Waals surface area contributed by atoms with Crippen LogP contribution in [0.15, 0.2) is 35.0 Å². The zero-order chi connectivity index (χ0) is 16.4. The number of amides is 1. The van der Waals surface area contributed by atoms with Gasteiger partial charge in [0.15, 0.2) is 5.69 Å². The van der Waals surface area contributed by atoms with Crippen LogP contribution in [-0.4, -0.2) is 37.1 Å². The molecule has 8 nitrogen and oxygen atoms in total. The van der Waals surface area contributed by atoms with Crippen LogP contribution in [0.1, 0.15) is 24.5 Å². The van der Waals surface area contributed by atoms with Crippen molar-refractivity contribution in [1.29, 1.82) is 0 Å². The lowest BCUT2D eigenvalue weighted by atomic mass is 10.3. The quantitative estimate of drug-likeness (QED) is 0.785. The van der Waals surface area contributed by atoms with E-state index < -0.39 is 5.91 Å². The fourth-order valence-corrected chi connectivity index (χ4v) is 1.83. The number of carbonyl (C=O) groups is 1. The lowest BCUT2D eigenvalue weighted by Crippen LogP contribution is -2.30. The van der Waals surface area contributed by atoms with Gasteiger partial charge >= 0.3 is 11.8 Å². The molecule has 9 heteroatoms. The fourth-order valence-electron chi connectivity index (χ4n) is 1.83. The van der Waals surface area contributed by atoms with Crippen LogP contribution in [0.25, 0.3) is 17.2 Å². The zero-order valence-electron chi connectivity index (χ0n) is 12.4. The summed E-state index contributed by atoms with van der Waals surface area (Å²) >= 11 is 0. The first-order valence-electron chi connectivity index (χ1n) is 6.86. The van der Waals surface area contributed by atoms with Gasteiger partial charge in [0.2, 0.25) is 5.82 Å². The van der Waals surface area contributed by atoms with Crippen molar-refractivity contribution in [1.82, 2.24) is 30.5 Å². The standard InChI is InChI=1S/C14H13FN6O2/c1-8(2)16-13(22)14-17-12(19-23-14)11-7-21(20-18-11)10-5-3-9(15)4-6-10/h3-8H,1-2H3,(H,16,22). The molecule has 0 bridgehead atoms. The molecule has 0 radical (unpaired) electrons. The van der Waals surface area contributed by atoms with Gasteiger partial charge < -0.3 is 9.84 Å². The summed E-state index contributed by atoms with van der Waals surface area (Å²) in [6.45, 7) is 3.65. The van der Waals surface area contributed by atoms with Crippen molar-refractivity contribution in [3.8, 4) is 17.2 Å². The molecule has 1 amide bonds. The Bertz CT molecular complexity index is 824. The van der Waals surface area contributed by atoms with Gasteiger partial charge in [-0.05, 0) is 38.1 Å². The summed E-state index contributed by atoms with van der Waals surface area (Å²) in [4.78, 5) is 15.8. The molecule has 0 fully saturated rings. The molecule has 1 N–H and O–H groups in total. The Morgan fingerprint density at radius 1 is 1.30 bits per heavy atom. The highest BCUT2D eigenvalue weighted by Crippen LogP contribution is 2.15. The summed E-state index contributed by atoms with van der Waals surface area (Å²) in [5.41, 5.74) is 0.966. The Balaban J connectivity index is 1.82. The first kappa shape index (κ1) is 14.8. The molecule has 0 aliphatic rings. The molecule has 23 heavy (non-hydrogen) atoms. The van der Waals surface area contributed by atoms with Crippen molar-refractivity contribution in [2.45, 2.75) is 19.9 Å². The maximum absolute atomic E-state index is 12.9. The lowest BCUT2D eigenvalue weighted by molar-refractivity contribution is 0.0899. The van der Waals surface area contributed by atoms with E-state index in [2.05, 4.69) is 25.8 Å². The molecule has 0 unspecified atom stereocenters. The van der Waals surface area contributed by atoms with Gasteiger partial charge in [0.05, 0.1) is 11.9 Å². The first-order valence-corrected chi connectivity index (χ1v) is 6.86. The van der Waals surface area contributed by atoms with E-state index in [1.165, 1.54) is 16.8 Å². The molecule has 0 saturated heterocycles. The topological polar surface area (TPSA) is 98.7 Å². The monoisotopic (exact) mass is 316 g/mol. The molecule has 0 spiro atoms. The molecule has 118 valence electrons. The van der Waals surface area contributed by atoms with Gasteiger partial charge in [0.1, 0.15) is 5.82 Å². The third-order valence-electron chi connectivity index (χ3n) is 2.85. The van der Waals surface area contributed by atoms with Gasteiger partial charge in [-0.2, -0.15) is 4.98 Å². The predicted octanol–water partition coefficient (Wildman–Crippen LogP) is 1.59. The Labute approximate surface area is 130 Å². The third kappa shape index (κ3) is 3.23. The molecule has 3 aromatic rings. The van der Waals surface area contributed by atoms with E-state index in [1.807, 2.05) is 13.8 Å². The van der Waals surface area contributed by atoms with E-state index in [9.17, 15) is 9.18 Å². The van der Waals surface area contributed by atoms with Crippen LogP contribution in [0.2, 0.25) is 0 Å². The molecule has 0 atom stereocenters. The molecule has 0 saturated carbocycles. The normalized spacial score (nSPS) is 11.0. The fraction of sp³-hybridized carbons (Fsp3) is 0.214. The number of rotatable bonds is 4. The van der Waals surface area contributed by atoms with E-state index in [0.717, 1.165) is 0 Å². The van der Waals surface area contributed by atoms with Gasteiger partial charge in [-0.15, -0.1) is 5.10 Å². The minimum absolute atomic E-state index is 0.0443. The zero-order valence-corrected chi connectivity index (χ0v) is 12.4. The number of aromatic nitrogens is 5. The van der Waals surface area contributed by atoms with E-state index >= 15 is 0 Å². The second-order valence-electron chi connectivity index (χ2n) is 5.08. The van der Waals surface area contributed by atoms with Crippen molar-refractivity contribution in [2.24, 2.45) is 0 Å². The molecule has 3 rings (SSSR count). The Morgan fingerprint density at radius 2 is 2.04 bits per heavy atom. The summed E-state index contributed by atoms with van der Waals surface area (Å²) in [7, 11) is 0. The number of hydrogen-bond donors (Lipinski definition) is 1. The maximum Gasteiger partial charge on any atom is 0.316 e. The number of nitrogens with one attached hydrogen (secondary N) is 1. The van der Waals surface area contributed by atoms with E-state index in [1.54, 1.807) is 18.3 Å². The SMILES string of the molecule is CC(C)NC(=O)c1nc(-c2cn(-c3ccc(F)cc3)nn2)no1. The number of hydrogen-bond acceptors (Lipinski definition) is 6. The Kier molecular flexibility index (Phi) is 3.83. The molecular weight excluding hydrogens is 303 g/mol. The molecular formula is C14H13FN6O2. The first-order chi connectivity index (χ1) is 11.0. The van der Waals surface area contributed by atoms with Crippen LogP contribution in [0.4, 0.5) is 4.39 Å². The highest BCUT2D eigenvalue weighted by Gasteiger charge is 2.18. The van der Waals surface area contributed by atoms with Gasteiger partial charge in [-0.1, -0.05) is 10.4 Å². The molecule has 1 aromatic carbocycles. The summed E-state index contributed by atoms with van der Waals surface area (Å²) in [6.07, 6.45) is 1.56. The number of benzene rings is 1. The highest BCUT2D eigenvalue weighted by atomic mass is 19.1. The largest absolute Gasteiger partial charge is 0.346 e. The van der Waals surface area contributed by atoms with Crippen LogP contribution in [0.5, 0.6) is 0 Å². The number of nitrogens with zero attached hydrogens (tertiary/aromatic N) is 5. The van der Waals surface area contributed by atoms with E-state index in [-0.39, 0.29) is 23.6 Å². The van der Waals surface area contributed by atoms with Crippen LogP contribution < -0.4 is 5.32 Å². The molecule has 0 aliphatic heterocycles. The van der Waals surface area contributed by atoms with Crippen LogP contribution in [0.3, 0.4) is 0 Å². The third-order valence-corrected chi connectivity index (χ3v) is 2.85. The maximum atomic E-state index is 12.9. The molecule has 2 heterocycles. The van der Waals surface area contributed by atoms with Crippen molar-refractivity contribution < 1.29 is 13.7 Å². The number of carbonyl (C=O) groups excluding carboxylic acids is 1. The summed E-state index contributed by atoms with van der Waals surface area (Å²) in [5.74, 6) is -0.796. The van der Waals surface area contributed by atoms with Crippen LogP contribution in [0, 0.1) is 5.82 Å². The second-order valence-corrected chi connectivity index (χ2v) is 5.08. The lowest BCUT2D eigenvalue weighted by Gasteiger charge is -2.03. The summed E-state index contributed by atoms with van der Waals surface area (Å²) in [5, 5.41) is 14.2. The van der Waals surface area contributed by atoms with Gasteiger partial charge in [0.25, 0.3) is 0 Å². The van der Waals surface area contributed by atoms with Crippen molar-refractivity contribution in [3.63, 3.8) is 0 Å². The van der Waals surface area contributed by atoms with Gasteiger partial charge in [0, 0.05) is 6.04 Å². The van der Waals surface area contributed by atoms with Crippen LogP contribution in [-0.2, 0) is 0 Å². The van der Waals surface area contributed by atoms with Crippen LogP contribution >= 0.6 is 0 Å². The minimum Gasteiger partial charge on any atom is -0.346 e. The number of halogens is 1. The van der Waals surface area contributed by atoms with E-state index in [4.69, 9.17) is 4.52 Å². The average molecular weight is 316 g/mol. The van der Waals surface area contributed by atoms with Gasteiger partial charge in [-0.3, -0.25) is 4.79 Å². The van der Waals surface area contributed by atoms with Crippen molar-refractivity contribution in [2.75, 3.05) is 0 Å². The average Bonchev–Trinajstić information content (AvgIpc) is 3.16. The van der Waals surface area contributed by atoms with Crippen molar-refractivity contribution >= 4 is 5.91 Å². The predicted molar refractivity (Wildman–Crippen MR) is 77.2 cm³/mol. The molecule has 0 aliphatic carbocycles. The summed E-state index contributed by atoms with van der Waals surface area (Å²) < 4.78 is 19.3. The Hall–Kier alpha value is -3.10. The highest BCUT2D eigenvalue weighted by molar-refractivity contribution is 5.89. The molecule has 2 aromatic heterocycles. The summed E-state index contributed by atoms with van der Waals surface area (Å²) in [6, 6.07) is 5.72. The second kappa shape index (κ2) is 5.95. The minimum atomic E-state index is -0.454. The van der Waals surface area contributed by atoms with Crippen molar-refractivity contribution in [3.05, 3.63) is 42.2 Å².